The van der Waals surface area contributed by atoms with Crippen LogP contribution in [0.1, 0.15) is 34.6 Å². The predicted octanol–water partition coefficient (Wildman–Crippen LogP) is 0.445. The summed E-state index contributed by atoms with van der Waals surface area (Å²) in [6.45, 7) is 2.82. The van der Waals surface area contributed by atoms with Crippen molar-refractivity contribution in [1.29, 1.82) is 0 Å². The number of hydrogen-bond acceptors (Lipinski definition) is 10. The predicted molar refractivity (Wildman–Crippen MR) is 150 cm³/mol. The molecule has 0 radical (unpaired) electrons. The first-order chi connectivity index (χ1) is 21.2. The molecule has 45 heavy (non-hydrogen) atoms. The number of phenols is 4. The van der Waals surface area contributed by atoms with Gasteiger partial charge in [-0.3, -0.25) is 19.3 Å². The molecule has 4 atom stereocenters. The molecule has 14 nitrogen and oxygen atoms in total. The maximum absolute atomic E-state index is 14.3. The van der Waals surface area contributed by atoms with Crippen molar-refractivity contribution >= 4 is 23.7 Å². The van der Waals surface area contributed by atoms with Crippen molar-refractivity contribution in [2.75, 3.05) is 32.7 Å². The van der Waals surface area contributed by atoms with Gasteiger partial charge < -0.3 is 46.2 Å². The monoisotopic (exact) mass is 634 g/mol. The lowest BCUT2D eigenvalue weighted by Crippen LogP contribution is -2.63. The van der Waals surface area contributed by atoms with Crippen LogP contribution >= 0.6 is 0 Å². The lowest BCUT2D eigenvalue weighted by atomic mass is 9.77. The van der Waals surface area contributed by atoms with Crippen molar-refractivity contribution in [3.8, 4) is 23.0 Å². The Morgan fingerprint density at radius 2 is 1.38 bits per heavy atom. The number of hydrogen-bond donors (Lipinski definition) is 8. The first-order valence-corrected chi connectivity index (χ1v) is 13.8. The Kier molecular flexibility index (Phi) is 9.48. The van der Waals surface area contributed by atoms with Crippen LogP contribution in [0.4, 0.5) is 8.78 Å². The summed E-state index contributed by atoms with van der Waals surface area (Å²) in [4.78, 5) is 52.9. The molecule has 16 heteroatoms. The molecule has 1 saturated heterocycles. The second-order valence-electron chi connectivity index (χ2n) is 10.8. The minimum atomic E-state index is -1.36. The molecule has 0 bridgehead atoms. The second kappa shape index (κ2) is 13.0. The molecule has 2 aromatic carbocycles. The highest BCUT2D eigenvalue weighted by molar-refractivity contribution is 6.00. The van der Waals surface area contributed by atoms with Crippen molar-refractivity contribution in [3.63, 3.8) is 0 Å². The number of benzene rings is 2. The summed E-state index contributed by atoms with van der Waals surface area (Å²) >= 11 is 0. The van der Waals surface area contributed by atoms with E-state index in [4.69, 9.17) is 0 Å². The van der Waals surface area contributed by atoms with E-state index in [0.717, 1.165) is 29.2 Å². The van der Waals surface area contributed by atoms with Crippen LogP contribution in [0.2, 0.25) is 0 Å². The number of β-lactam (4-membered cyclic amide) rings is 1. The maximum Gasteiger partial charge on any atom is 0.352 e. The van der Waals surface area contributed by atoms with Crippen LogP contribution in [0.3, 0.4) is 0 Å². The molecule has 3 unspecified atom stereocenters. The number of carboxylic acids is 1. The van der Waals surface area contributed by atoms with Crippen LogP contribution in [0.25, 0.3) is 0 Å². The number of aromatic hydroxyl groups is 4. The van der Waals surface area contributed by atoms with Crippen LogP contribution in [0.5, 0.6) is 23.0 Å². The third-order valence-electron chi connectivity index (χ3n) is 8.02. The molecule has 2 aliphatic heterocycles. The molecule has 8 N–H and O–H groups in total. The van der Waals surface area contributed by atoms with E-state index in [9.17, 15) is 58.6 Å². The standard InChI is InChI=1S/C29H32F2N4O10/c1-12-16(23(29(44)45)35-22(12)19(13(2)36)28(35)43)11-34(9-7-32-26(41)14-3-5-17(37)24(39)20(14)30)10-8-33-27(42)15-4-6-18(38)25(40)21(15)31/h3-6,12-13,19,22,36-40H,7-11H2,1-2H3,(H,32,41)(H,33,42)(H,44,45)/t12?,13?,19?,22-/m1/s1. The number of fused-ring (bicyclic) bond motifs is 1. The van der Waals surface area contributed by atoms with Gasteiger partial charge in [-0.2, -0.15) is 0 Å². The molecular weight excluding hydrogens is 602 g/mol. The van der Waals surface area contributed by atoms with Gasteiger partial charge in [-0.05, 0) is 36.8 Å². The van der Waals surface area contributed by atoms with E-state index in [2.05, 4.69) is 10.6 Å². The second-order valence-corrected chi connectivity index (χ2v) is 10.8. The molecule has 0 spiro atoms. The molecule has 4 rings (SSSR count). The average molecular weight is 635 g/mol. The third-order valence-corrected chi connectivity index (χ3v) is 8.02. The number of halogens is 2. The number of aliphatic hydroxyl groups excluding tert-OH is 1. The van der Waals surface area contributed by atoms with E-state index >= 15 is 0 Å². The number of amides is 3. The Morgan fingerprint density at radius 3 is 1.80 bits per heavy atom. The fourth-order valence-corrected chi connectivity index (χ4v) is 5.67. The van der Waals surface area contributed by atoms with Crippen molar-refractivity contribution in [3.05, 3.63) is 58.3 Å². The maximum atomic E-state index is 14.3. The molecule has 2 heterocycles. The van der Waals surface area contributed by atoms with Gasteiger partial charge in [0, 0.05) is 38.6 Å². The van der Waals surface area contributed by atoms with Crippen LogP contribution in [0.15, 0.2) is 35.5 Å². The van der Waals surface area contributed by atoms with E-state index in [-0.39, 0.29) is 38.4 Å². The Balaban J connectivity index is 1.51. The van der Waals surface area contributed by atoms with Gasteiger partial charge in [-0.25, -0.2) is 13.6 Å². The lowest BCUT2D eigenvalue weighted by molar-refractivity contribution is -0.163. The molecule has 2 aromatic rings. The zero-order valence-corrected chi connectivity index (χ0v) is 24.1. The van der Waals surface area contributed by atoms with Gasteiger partial charge in [0.2, 0.25) is 5.91 Å². The zero-order chi connectivity index (χ0) is 33.3. The highest BCUT2D eigenvalue weighted by Gasteiger charge is 2.59. The third kappa shape index (κ3) is 6.19. The number of aliphatic hydroxyl groups is 1. The van der Waals surface area contributed by atoms with Crippen molar-refractivity contribution in [2.24, 2.45) is 11.8 Å². The van der Waals surface area contributed by atoms with E-state index < -0.39 is 93.4 Å². The van der Waals surface area contributed by atoms with Gasteiger partial charge in [0.25, 0.3) is 11.8 Å². The van der Waals surface area contributed by atoms with Crippen LogP contribution in [-0.2, 0) is 9.59 Å². The van der Waals surface area contributed by atoms with Crippen LogP contribution in [0, 0.1) is 23.5 Å². The summed E-state index contributed by atoms with van der Waals surface area (Å²) in [6.07, 6.45) is -1.02. The smallest absolute Gasteiger partial charge is 0.352 e. The van der Waals surface area contributed by atoms with Gasteiger partial charge >= 0.3 is 5.97 Å². The molecule has 0 aliphatic carbocycles. The highest BCUT2D eigenvalue weighted by atomic mass is 19.1. The van der Waals surface area contributed by atoms with Gasteiger partial charge in [0.05, 0.1) is 29.2 Å². The van der Waals surface area contributed by atoms with Gasteiger partial charge in [0.1, 0.15) is 5.70 Å². The van der Waals surface area contributed by atoms with Gasteiger partial charge in [-0.1, -0.05) is 6.92 Å². The van der Waals surface area contributed by atoms with Crippen LogP contribution in [-0.4, -0.2) is 109 Å². The Labute approximate surface area is 254 Å². The fraction of sp³-hybridized carbons (Fsp3) is 0.379. The SMILES string of the molecule is CC(O)C1C(=O)N2C(C(=O)O)=C(CN(CCNC(=O)c3ccc(O)c(O)c3F)CCNC(=O)c3ccc(O)c(O)c3F)C(C)[C@H]12. The summed E-state index contributed by atoms with van der Waals surface area (Å²) < 4.78 is 28.6. The number of rotatable bonds is 12. The molecule has 1 fully saturated rings. The molecule has 2 aliphatic rings. The summed E-state index contributed by atoms with van der Waals surface area (Å²) in [5.74, 6) is -11.4. The van der Waals surface area contributed by atoms with Crippen molar-refractivity contribution in [2.45, 2.75) is 26.0 Å². The molecule has 0 saturated carbocycles. The number of nitrogens with one attached hydrogen (secondary N) is 2. The largest absolute Gasteiger partial charge is 0.504 e. The summed E-state index contributed by atoms with van der Waals surface area (Å²) in [5, 5.41) is 63.0. The average Bonchev–Trinajstić information content (AvgIpc) is 3.21. The van der Waals surface area contributed by atoms with Crippen LogP contribution < -0.4 is 10.6 Å². The lowest BCUT2D eigenvalue weighted by Gasteiger charge is -2.46. The first-order valence-electron chi connectivity index (χ1n) is 13.8. The van der Waals surface area contributed by atoms with Crippen molar-refractivity contribution in [1.82, 2.24) is 20.4 Å². The quantitative estimate of drug-likeness (QED) is 0.118. The summed E-state index contributed by atoms with van der Waals surface area (Å²) in [6, 6.07) is 3.22. The Morgan fingerprint density at radius 1 is 0.911 bits per heavy atom. The van der Waals surface area contributed by atoms with E-state index in [0.29, 0.717) is 5.57 Å². The fourth-order valence-electron chi connectivity index (χ4n) is 5.67. The van der Waals surface area contributed by atoms with E-state index in [1.165, 1.54) is 6.92 Å². The number of phenolic OH excluding ortho intramolecular Hbond substituents is 4. The highest BCUT2D eigenvalue weighted by Crippen LogP contribution is 2.47. The number of carbonyl (C=O) groups is 4. The molecule has 3 amide bonds. The summed E-state index contributed by atoms with van der Waals surface area (Å²) in [5.41, 5.74) is -0.979. The number of carboxylic acid groups (broad SMARTS) is 1. The minimum Gasteiger partial charge on any atom is -0.504 e. The Hall–Kier alpha value is -4.96. The van der Waals surface area contributed by atoms with E-state index in [1.807, 2.05) is 0 Å². The summed E-state index contributed by atoms with van der Waals surface area (Å²) in [7, 11) is 0. The number of nitrogens with zero attached hydrogens (tertiary/aromatic N) is 2. The molecular formula is C29H32F2N4O10. The first kappa shape index (κ1) is 32.9. The van der Waals surface area contributed by atoms with Gasteiger partial charge in [0.15, 0.2) is 34.6 Å². The number of aliphatic carboxylic acids is 1. The van der Waals surface area contributed by atoms with E-state index in [1.54, 1.807) is 11.8 Å². The molecule has 242 valence electrons. The number of carbonyl (C=O) groups excluding carboxylic acids is 3. The normalized spacial score (nSPS) is 19.7. The Bertz CT molecular complexity index is 1510. The molecule has 0 aromatic heterocycles. The minimum absolute atomic E-state index is 0.00319. The van der Waals surface area contributed by atoms with Crippen molar-refractivity contribution < 1.29 is 58.6 Å². The van der Waals surface area contributed by atoms with Gasteiger partial charge in [-0.15, -0.1) is 0 Å². The topological polar surface area (TPSA) is 220 Å². The zero-order valence-electron chi connectivity index (χ0n) is 24.1.